The molecule has 0 atom stereocenters. The van der Waals surface area contributed by atoms with Crippen LogP contribution in [-0.4, -0.2) is 0 Å². The minimum absolute atomic E-state index is 0.0209. The molecule has 0 aliphatic heterocycles. The quantitative estimate of drug-likeness (QED) is 0.688. The van der Waals surface area contributed by atoms with E-state index in [0.717, 1.165) is 43.2 Å². The molecule has 3 rings (SSSR count). The Labute approximate surface area is 124 Å². The van der Waals surface area contributed by atoms with Crippen molar-refractivity contribution in [2.45, 2.75) is 77.3 Å². The van der Waals surface area contributed by atoms with Gasteiger partial charge in [0.25, 0.3) is 0 Å². The van der Waals surface area contributed by atoms with Gasteiger partial charge >= 0.3 is 6.18 Å². The van der Waals surface area contributed by atoms with Crippen LogP contribution in [0.1, 0.15) is 73.4 Å². The molecule has 0 saturated carbocycles. The molecular weight excluding hydrogens is 273 g/mol. The highest BCUT2D eigenvalue weighted by molar-refractivity contribution is 5.58. The molecule has 116 valence electrons. The molecule has 1 aromatic carbocycles. The zero-order valence-electron chi connectivity index (χ0n) is 13.1. The van der Waals surface area contributed by atoms with Crippen LogP contribution in [0.4, 0.5) is 13.2 Å². The molecule has 0 N–H and O–H groups in total. The zero-order valence-corrected chi connectivity index (χ0v) is 13.1. The van der Waals surface area contributed by atoms with Crippen molar-refractivity contribution in [2.24, 2.45) is 0 Å². The van der Waals surface area contributed by atoms with Crippen LogP contribution >= 0.6 is 0 Å². The van der Waals surface area contributed by atoms with Gasteiger partial charge in [-0.3, -0.25) is 0 Å². The SMILES string of the molecule is CCC(C)(C)c1c2c(c(C(F)(F)F)c3c1CCC3)CCC2. The van der Waals surface area contributed by atoms with E-state index in [2.05, 4.69) is 20.8 Å². The first-order valence-corrected chi connectivity index (χ1v) is 8.04. The minimum Gasteiger partial charge on any atom is -0.166 e. The lowest BCUT2D eigenvalue weighted by atomic mass is 9.74. The van der Waals surface area contributed by atoms with Crippen LogP contribution in [0.2, 0.25) is 0 Å². The number of hydrogen-bond acceptors (Lipinski definition) is 0. The first-order chi connectivity index (χ1) is 9.77. The molecule has 0 aromatic heterocycles. The van der Waals surface area contributed by atoms with Crippen molar-refractivity contribution in [1.29, 1.82) is 0 Å². The molecule has 0 fully saturated rings. The third-order valence-corrected chi connectivity index (χ3v) is 5.49. The Balaban J connectivity index is 2.36. The Morgan fingerprint density at radius 2 is 1.14 bits per heavy atom. The average molecular weight is 296 g/mol. The third-order valence-electron chi connectivity index (χ3n) is 5.49. The molecule has 0 bridgehead atoms. The van der Waals surface area contributed by atoms with Gasteiger partial charge in [0.2, 0.25) is 0 Å². The summed E-state index contributed by atoms with van der Waals surface area (Å²) in [4.78, 5) is 0. The first-order valence-electron chi connectivity index (χ1n) is 8.04. The third kappa shape index (κ3) is 2.20. The number of rotatable bonds is 2. The summed E-state index contributed by atoms with van der Waals surface area (Å²) in [5.74, 6) is 0. The van der Waals surface area contributed by atoms with E-state index in [9.17, 15) is 13.2 Å². The molecule has 3 heteroatoms. The van der Waals surface area contributed by atoms with E-state index in [4.69, 9.17) is 0 Å². The van der Waals surface area contributed by atoms with Crippen LogP contribution in [0, 0.1) is 0 Å². The Bertz CT molecular complexity index is 544. The van der Waals surface area contributed by atoms with Crippen molar-refractivity contribution in [1.82, 2.24) is 0 Å². The fourth-order valence-electron chi connectivity index (χ4n) is 4.29. The molecule has 0 nitrogen and oxygen atoms in total. The maximum Gasteiger partial charge on any atom is 0.416 e. The number of hydrogen-bond donors (Lipinski definition) is 0. The topological polar surface area (TPSA) is 0 Å². The molecule has 2 aliphatic carbocycles. The highest BCUT2D eigenvalue weighted by atomic mass is 19.4. The summed E-state index contributed by atoms with van der Waals surface area (Å²) in [5, 5.41) is 0. The Kier molecular flexibility index (Phi) is 3.38. The van der Waals surface area contributed by atoms with E-state index < -0.39 is 6.18 Å². The zero-order chi connectivity index (χ0) is 15.4. The highest BCUT2D eigenvalue weighted by Crippen LogP contribution is 2.48. The van der Waals surface area contributed by atoms with Crippen LogP contribution in [0.3, 0.4) is 0 Å². The molecular formula is C18H23F3. The second-order valence-electron chi connectivity index (χ2n) is 7.11. The fourth-order valence-corrected chi connectivity index (χ4v) is 4.29. The van der Waals surface area contributed by atoms with Gasteiger partial charge in [0.05, 0.1) is 5.56 Å². The van der Waals surface area contributed by atoms with Crippen LogP contribution in [-0.2, 0) is 37.3 Å². The maximum absolute atomic E-state index is 13.6. The summed E-state index contributed by atoms with van der Waals surface area (Å²) < 4.78 is 40.8. The van der Waals surface area contributed by atoms with Gasteiger partial charge in [-0.25, -0.2) is 0 Å². The Morgan fingerprint density at radius 1 is 0.762 bits per heavy atom. The predicted octanol–water partition coefficient (Wildman–Crippen LogP) is 5.37. The molecule has 0 radical (unpaired) electrons. The van der Waals surface area contributed by atoms with Gasteiger partial charge in [0.1, 0.15) is 0 Å². The van der Waals surface area contributed by atoms with E-state index in [1.807, 2.05) is 0 Å². The van der Waals surface area contributed by atoms with Gasteiger partial charge in [-0.1, -0.05) is 20.8 Å². The van der Waals surface area contributed by atoms with E-state index >= 15 is 0 Å². The highest BCUT2D eigenvalue weighted by Gasteiger charge is 2.43. The number of fused-ring (bicyclic) bond motifs is 2. The summed E-state index contributed by atoms with van der Waals surface area (Å²) in [6.45, 7) is 6.51. The van der Waals surface area contributed by atoms with Crippen LogP contribution < -0.4 is 0 Å². The summed E-state index contributed by atoms with van der Waals surface area (Å²) >= 11 is 0. The molecule has 0 heterocycles. The summed E-state index contributed by atoms with van der Waals surface area (Å²) in [6.07, 6.45) is 1.36. The fraction of sp³-hybridized carbons (Fsp3) is 0.667. The van der Waals surface area contributed by atoms with Gasteiger partial charge in [-0.2, -0.15) is 13.2 Å². The van der Waals surface area contributed by atoms with E-state index in [1.54, 1.807) is 0 Å². The van der Waals surface area contributed by atoms with Crippen molar-refractivity contribution >= 4 is 0 Å². The second-order valence-corrected chi connectivity index (χ2v) is 7.11. The monoisotopic (exact) mass is 296 g/mol. The molecule has 0 saturated heterocycles. The van der Waals surface area contributed by atoms with Crippen LogP contribution in [0.5, 0.6) is 0 Å². The maximum atomic E-state index is 13.6. The molecule has 0 spiro atoms. The summed E-state index contributed by atoms with van der Waals surface area (Å²) in [6, 6.07) is 0. The van der Waals surface area contributed by atoms with Gasteiger partial charge in [0.15, 0.2) is 0 Å². The van der Waals surface area contributed by atoms with Crippen LogP contribution in [0.15, 0.2) is 0 Å². The molecule has 21 heavy (non-hydrogen) atoms. The summed E-state index contributed by atoms with van der Waals surface area (Å²) in [7, 11) is 0. The van der Waals surface area contributed by atoms with Crippen molar-refractivity contribution in [3.05, 3.63) is 33.4 Å². The lowest BCUT2D eigenvalue weighted by Gasteiger charge is -2.31. The molecule has 0 unspecified atom stereocenters. The number of benzene rings is 1. The second kappa shape index (κ2) is 4.76. The smallest absolute Gasteiger partial charge is 0.166 e. The Hall–Kier alpha value is -0.990. The van der Waals surface area contributed by atoms with E-state index in [-0.39, 0.29) is 11.0 Å². The largest absolute Gasteiger partial charge is 0.416 e. The summed E-state index contributed by atoms with van der Waals surface area (Å²) in [5.41, 5.74) is 4.30. The van der Waals surface area contributed by atoms with Crippen molar-refractivity contribution < 1.29 is 13.2 Å². The van der Waals surface area contributed by atoms with Gasteiger partial charge in [-0.15, -0.1) is 0 Å². The standard InChI is InChI=1S/C18H23F3/c1-4-17(2,3)15-11-7-5-9-13(11)16(18(19,20)21)14-10-6-8-12(14)15/h4-10H2,1-3H3. The predicted molar refractivity (Wildman–Crippen MR) is 78.8 cm³/mol. The average Bonchev–Trinajstić information content (AvgIpc) is 3.01. The van der Waals surface area contributed by atoms with Crippen molar-refractivity contribution in [2.75, 3.05) is 0 Å². The first kappa shape index (κ1) is 14.9. The van der Waals surface area contributed by atoms with Crippen molar-refractivity contribution in [3.63, 3.8) is 0 Å². The Morgan fingerprint density at radius 3 is 1.48 bits per heavy atom. The number of alkyl halides is 3. The normalized spacial score (nSPS) is 18.0. The number of halogens is 3. The van der Waals surface area contributed by atoms with Gasteiger partial charge < -0.3 is 0 Å². The molecule has 1 aromatic rings. The van der Waals surface area contributed by atoms with E-state index in [1.165, 1.54) is 5.56 Å². The van der Waals surface area contributed by atoms with Crippen molar-refractivity contribution in [3.8, 4) is 0 Å². The lowest BCUT2D eigenvalue weighted by molar-refractivity contribution is -0.138. The van der Waals surface area contributed by atoms with Crippen LogP contribution in [0.25, 0.3) is 0 Å². The molecule has 2 aliphatic rings. The van der Waals surface area contributed by atoms with E-state index in [0.29, 0.717) is 24.0 Å². The lowest BCUT2D eigenvalue weighted by Crippen LogP contribution is -2.23. The minimum atomic E-state index is -4.20. The molecule has 0 amide bonds. The van der Waals surface area contributed by atoms with Gasteiger partial charge in [0, 0.05) is 0 Å². The van der Waals surface area contributed by atoms with Gasteiger partial charge in [-0.05, 0) is 78.2 Å².